The zero-order valence-corrected chi connectivity index (χ0v) is 11.3. The minimum absolute atomic E-state index is 0.618. The van der Waals surface area contributed by atoms with Gasteiger partial charge in [-0.1, -0.05) is 26.2 Å². The van der Waals surface area contributed by atoms with Crippen molar-refractivity contribution >= 4 is 11.8 Å². The van der Waals surface area contributed by atoms with Crippen molar-refractivity contribution in [3.63, 3.8) is 0 Å². The van der Waals surface area contributed by atoms with Crippen molar-refractivity contribution in [2.24, 2.45) is 0 Å². The highest BCUT2D eigenvalue weighted by Crippen LogP contribution is 2.28. The third-order valence-electron chi connectivity index (χ3n) is 3.22. The second-order valence-corrected chi connectivity index (χ2v) is 5.92. The van der Waals surface area contributed by atoms with E-state index in [1.165, 1.54) is 37.9 Å². The van der Waals surface area contributed by atoms with Gasteiger partial charge < -0.3 is 5.32 Å². The highest BCUT2D eigenvalue weighted by atomic mass is 32.2. The summed E-state index contributed by atoms with van der Waals surface area (Å²) >= 11 is 2.16. The molecule has 1 fully saturated rings. The second kappa shape index (κ2) is 8.96. The summed E-state index contributed by atoms with van der Waals surface area (Å²) in [6.07, 6.45) is 14.5. The molecule has 1 rings (SSSR count). The number of thioether (sulfide) groups is 1. The molecular formula is C14H25NS. The van der Waals surface area contributed by atoms with E-state index < -0.39 is 0 Å². The van der Waals surface area contributed by atoms with Crippen LogP contribution >= 0.6 is 11.8 Å². The first-order valence-corrected chi connectivity index (χ1v) is 7.70. The zero-order valence-electron chi connectivity index (χ0n) is 10.5. The third-order valence-corrected chi connectivity index (χ3v) is 4.75. The van der Waals surface area contributed by atoms with Crippen LogP contribution in [-0.4, -0.2) is 23.6 Å². The van der Waals surface area contributed by atoms with Gasteiger partial charge in [-0.3, -0.25) is 0 Å². The number of hydrogen-bond acceptors (Lipinski definition) is 2. The van der Waals surface area contributed by atoms with Crippen LogP contribution < -0.4 is 5.32 Å². The quantitative estimate of drug-likeness (QED) is 0.683. The monoisotopic (exact) mass is 239 g/mol. The molecule has 0 bridgehead atoms. The lowest BCUT2D eigenvalue weighted by Crippen LogP contribution is -2.31. The molecule has 1 unspecified atom stereocenters. The average molecular weight is 239 g/mol. The van der Waals surface area contributed by atoms with E-state index in [1.807, 2.05) is 0 Å². The van der Waals surface area contributed by atoms with Crippen LogP contribution in [-0.2, 0) is 0 Å². The van der Waals surface area contributed by atoms with Crippen molar-refractivity contribution in [2.45, 2.75) is 63.2 Å². The molecule has 0 spiro atoms. The molecule has 92 valence electrons. The topological polar surface area (TPSA) is 12.0 Å². The molecule has 1 saturated carbocycles. The fourth-order valence-electron chi connectivity index (χ4n) is 2.27. The fourth-order valence-corrected chi connectivity index (χ4v) is 3.73. The number of hydrogen-bond donors (Lipinski definition) is 1. The molecule has 0 saturated heterocycles. The van der Waals surface area contributed by atoms with Gasteiger partial charge in [0.2, 0.25) is 0 Å². The molecule has 0 amide bonds. The molecule has 1 N–H and O–H groups in total. The van der Waals surface area contributed by atoms with Crippen molar-refractivity contribution in [1.29, 1.82) is 0 Å². The molecule has 0 heterocycles. The Labute approximate surface area is 105 Å². The van der Waals surface area contributed by atoms with E-state index in [1.54, 1.807) is 0 Å². The maximum atomic E-state index is 5.33. The van der Waals surface area contributed by atoms with Crippen LogP contribution in [0.5, 0.6) is 0 Å². The van der Waals surface area contributed by atoms with Gasteiger partial charge in [-0.25, -0.2) is 0 Å². The Balaban J connectivity index is 2.17. The van der Waals surface area contributed by atoms with Gasteiger partial charge in [-0.2, -0.15) is 11.8 Å². The molecule has 16 heavy (non-hydrogen) atoms. The summed E-state index contributed by atoms with van der Waals surface area (Å²) in [5, 5.41) is 4.46. The van der Waals surface area contributed by atoms with Gasteiger partial charge in [0.1, 0.15) is 0 Å². The Morgan fingerprint density at radius 1 is 1.38 bits per heavy atom. The summed E-state index contributed by atoms with van der Waals surface area (Å²) in [4.78, 5) is 0. The van der Waals surface area contributed by atoms with Gasteiger partial charge in [0.25, 0.3) is 0 Å². The summed E-state index contributed by atoms with van der Waals surface area (Å²) < 4.78 is 0. The molecular weight excluding hydrogens is 214 g/mol. The Kier molecular flexibility index (Phi) is 7.80. The first-order chi connectivity index (χ1) is 7.86. The maximum absolute atomic E-state index is 5.33. The smallest absolute Gasteiger partial charge is 0.0167 e. The van der Waals surface area contributed by atoms with E-state index in [-0.39, 0.29) is 0 Å². The lowest BCUT2D eigenvalue weighted by molar-refractivity contribution is 0.510. The third kappa shape index (κ3) is 5.82. The van der Waals surface area contributed by atoms with E-state index in [9.17, 15) is 0 Å². The maximum Gasteiger partial charge on any atom is 0.0167 e. The van der Waals surface area contributed by atoms with Gasteiger partial charge in [0.15, 0.2) is 0 Å². The molecule has 0 aromatic heterocycles. The van der Waals surface area contributed by atoms with Gasteiger partial charge in [0, 0.05) is 23.5 Å². The molecule has 1 nitrogen and oxygen atoms in total. The summed E-state index contributed by atoms with van der Waals surface area (Å²) in [6, 6.07) is 0.618. The summed E-state index contributed by atoms with van der Waals surface area (Å²) in [6.45, 7) is 3.23. The van der Waals surface area contributed by atoms with E-state index in [2.05, 4.69) is 29.9 Å². The van der Waals surface area contributed by atoms with Crippen molar-refractivity contribution in [2.75, 3.05) is 12.3 Å². The first-order valence-electron chi connectivity index (χ1n) is 6.65. The lowest BCUT2D eigenvalue weighted by Gasteiger charge is -2.24. The van der Waals surface area contributed by atoms with E-state index in [4.69, 9.17) is 6.42 Å². The predicted octanol–water partition coefficient (Wildman–Crippen LogP) is 3.44. The summed E-state index contributed by atoms with van der Waals surface area (Å²) in [5.41, 5.74) is 0. The fraction of sp³-hybridized carbons (Fsp3) is 0.857. The van der Waals surface area contributed by atoms with Crippen LogP contribution in [0.1, 0.15) is 51.9 Å². The molecule has 1 aliphatic rings. The van der Waals surface area contributed by atoms with Gasteiger partial charge in [-0.15, -0.1) is 12.3 Å². The van der Waals surface area contributed by atoms with Crippen LogP contribution in [0.2, 0.25) is 0 Å². The van der Waals surface area contributed by atoms with Crippen molar-refractivity contribution in [1.82, 2.24) is 5.32 Å². The zero-order chi connectivity index (χ0) is 11.6. The minimum Gasteiger partial charge on any atom is -0.313 e. The number of nitrogens with one attached hydrogen (secondary N) is 1. The first kappa shape index (κ1) is 13.9. The molecule has 1 aliphatic carbocycles. The van der Waals surface area contributed by atoms with Crippen molar-refractivity contribution in [3.05, 3.63) is 0 Å². The Morgan fingerprint density at radius 3 is 2.75 bits per heavy atom. The van der Waals surface area contributed by atoms with Crippen LogP contribution in [0.25, 0.3) is 0 Å². The van der Waals surface area contributed by atoms with Crippen LogP contribution in [0.4, 0.5) is 0 Å². The Bertz CT molecular complexity index is 203. The van der Waals surface area contributed by atoms with Crippen LogP contribution in [0, 0.1) is 12.3 Å². The van der Waals surface area contributed by atoms with Gasteiger partial charge >= 0.3 is 0 Å². The second-order valence-electron chi connectivity index (χ2n) is 4.59. The molecule has 1 atom stereocenters. The molecule has 2 heteroatoms. The van der Waals surface area contributed by atoms with E-state index in [0.717, 1.165) is 24.6 Å². The largest absolute Gasteiger partial charge is 0.313 e. The van der Waals surface area contributed by atoms with Crippen LogP contribution in [0.3, 0.4) is 0 Å². The highest BCUT2D eigenvalue weighted by molar-refractivity contribution is 7.99. The molecule has 0 radical (unpaired) electrons. The standard InChI is InChI=1S/C14H25NS/c1-3-5-9-13(15-4-2)12-16-14-10-7-6-8-11-14/h1,13-15H,4-12H2,2H3. The molecule has 0 aliphatic heterocycles. The lowest BCUT2D eigenvalue weighted by atomic mass is 10.0. The van der Waals surface area contributed by atoms with Gasteiger partial charge in [-0.05, 0) is 25.8 Å². The van der Waals surface area contributed by atoms with E-state index in [0.29, 0.717) is 6.04 Å². The Morgan fingerprint density at radius 2 is 2.12 bits per heavy atom. The van der Waals surface area contributed by atoms with Gasteiger partial charge in [0.05, 0.1) is 0 Å². The Hall–Kier alpha value is -0.130. The van der Waals surface area contributed by atoms with Crippen molar-refractivity contribution < 1.29 is 0 Å². The predicted molar refractivity (Wildman–Crippen MR) is 74.9 cm³/mol. The molecule has 0 aromatic rings. The van der Waals surface area contributed by atoms with E-state index >= 15 is 0 Å². The summed E-state index contributed by atoms with van der Waals surface area (Å²) in [5.74, 6) is 3.98. The SMILES string of the molecule is C#CCCC(CSC1CCCCC1)NCC. The molecule has 0 aromatic carbocycles. The summed E-state index contributed by atoms with van der Waals surface area (Å²) in [7, 11) is 0. The number of terminal acetylenes is 1. The normalized spacial score (nSPS) is 19.2. The van der Waals surface area contributed by atoms with Crippen molar-refractivity contribution in [3.8, 4) is 12.3 Å². The minimum atomic E-state index is 0.618. The van der Waals surface area contributed by atoms with Crippen LogP contribution in [0.15, 0.2) is 0 Å². The average Bonchev–Trinajstić information content (AvgIpc) is 2.34. The highest BCUT2D eigenvalue weighted by Gasteiger charge is 2.15. The number of rotatable bonds is 7.